The van der Waals surface area contributed by atoms with Crippen molar-refractivity contribution in [3.63, 3.8) is 0 Å². The van der Waals surface area contributed by atoms with E-state index < -0.39 is 5.97 Å². The van der Waals surface area contributed by atoms with Gasteiger partial charge in [-0.25, -0.2) is 0 Å². The van der Waals surface area contributed by atoms with E-state index in [1.165, 1.54) is 0 Å². The highest BCUT2D eigenvalue weighted by Crippen LogP contribution is 2.29. The summed E-state index contributed by atoms with van der Waals surface area (Å²) in [4.78, 5) is 24.4. The van der Waals surface area contributed by atoms with Gasteiger partial charge in [0.05, 0.1) is 18.7 Å². The van der Waals surface area contributed by atoms with Gasteiger partial charge in [-0.05, 0) is 38.2 Å². The molecule has 2 N–H and O–H groups in total. The number of carboxylic acid groups (broad SMARTS) is 1. The molecule has 26 heavy (non-hydrogen) atoms. The van der Waals surface area contributed by atoms with Crippen molar-refractivity contribution in [3.05, 3.63) is 54.1 Å². The van der Waals surface area contributed by atoms with Crippen molar-refractivity contribution in [1.82, 2.24) is 4.90 Å². The van der Waals surface area contributed by atoms with E-state index >= 15 is 0 Å². The van der Waals surface area contributed by atoms with Crippen LogP contribution in [0.15, 0.2) is 48.5 Å². The van der Waals surface area contributed by atoms with Crippen molar-refractivity contribution in [2.45, 2.75) is 13.3 Å². The number of anilines is 1. The number of aryl methyl sites for hydroxylation is 1. The molecule has 2 aromatic carbocycles. The minimum absolute atomic E-state index is 0. The van der Waals surface area contributed by atoms with Crippen LogP contribution in [0, 0.1) is 6.92 Å². The average molecular weight is 379 g/mol. The van der Waals surface area contributed by atoms with Crippen molar-refractivity contribution in [2.24, 2.45) is 0 Å². The van der Waals surface area contributed by atoms with Crippen LogP contribution in [-0.4, -0.2) is 42.0 Å². The fraction of sp³-hybridized carbons (Fsp3) is 0.263. The number of hydrogen-bond acceptors (Lipinski definition) is 4. The number of carboxylic acids is 1. The molecule has 7 heteroatoms. The minimum Gasteiger partial charge on any atom is -0.481 e. The molecule has 6 nitrogen and oxygen atoms in total. The number of carbonyl (C=O) groups is 2. The van der Waals surface area contributed by atoms with E-state index in [-0.39, 0.29) is 31.3 Å². The third-order valence-corrected chi connectivity index (χ3v) is 3.53. The van der Waals surface area contributed by atoms with Crippen molar-refractivity contribution in [1.29, 1.82) is 0 Å². The van der Waals surface area contributed by atoms with Crippen molar-refractivity contribution >= 4 is 30.0 Å². The lowest BCUT2D eigenvalue weighted by molar-refractivity contribution is -0.137. The maximum absolute atomic E-state index is 12.2. The standard InChI is InChI=1S/C19H22N2O4.ClH/c1-14-7-9-15(10-8-14)25-17-6-4-3-5-16(17)20-18(22)13-21(2)12-11-19(23)24;/h3-10H,11-13H2,1-2H3,(H,20,22)(H,23,24);1H. The molecule has 0 aromatic heterocycles. The van der Waals surface area contributed by atoms with E-state index in [0.717, 1.165) is 5.56 Å². The number of benzene rings is 2. The largest absolute Gasteiger partial charge is 0.481 e. The molecule has 0 aliphatic heterocycles. The number of amides is 1. The monoisotopic (exact) mass is 378 g/mol. The lowest BCUT2D eigenvalue weighted by Gasteiger charge is -2.16. The van der Waals surface area contributed by atoms with E-state index in [1.807, 2.05) is 43.3 Å². The summed E-state index contributed by atoms with van der Waals surface area (Å²) in [6.07, 6.45) is -0.00307. The molecule has 0 spiro atoms. The lowest BCUT2D eigenvalue weighted by atomic mass is 10.2. The van der Waals surface area contributed by atoms with E-state index in [4.69, 9.17) is 9.84 Å². The lowest BCUT2D eigenvalue weighted by Crippen LogP contribution is -2.31. The summed E-state index contributed by atoms with van der Waals surface area (Å²) >= 11 is 0. The number of hydrogen-bond donors (Lipinski definition) is 2. The van der Waals surface area contributed by atoms with Crippen LogP contribution in [0.4, 0.5) is 5.69 Å². The van der Waals surface area contributed by atoms with Gasteiger partial charge in [0.15, 0.2) is 5.75 Å². The first-order valence-electron chi connectivity index (χ1n) is 7.98. The highest BCUT2D eigenvalue weighted by Gasteiger charge is 2.11. The zero-order valence-electron chi connectivity index (χ0n) is 14.8. The Morgan fingerprint density at radius 2 is 1.77 bits per heavy atom. The number of rotatable bonds is 8. The molecule has 1 amide bonds. The molecule has 0 heterocycles. The molecule has 0 aliphatic rings. The van der Waals surface area contributed by atoms with Crippen LogP contribution in [0.1, 0.15) is 12.0 Å². The zero-order valence-corrected chi connectivity index (χ0v) is 15.6. The topological polar surface area (TPSA) is 78.9 Å². The van der Waals surface area contributed by atoms with Crippen LogP contribution in [-0.2, 0) is 9.59 Å². The van der Waals surface area contributed by atoms with Gasteiger partial charge in [-0.1, -0.05) is 29.8 Å². The summed E-state index contributed by atoms with van der Waals surface area (Å²) in [5, 5.41) is 11.5. The molecule has 0 bridgehead atoms. The van der Waals surface area contributed by atoms with Gasteiger partial charge < -0.3 is 15.2 Å². The molecule has 0 unspecified atom stereocenters. The summed E-state index contributed by atoms with van der Waals surface area (Å²) in [7, 11) is 1.71. The number of aliphatic carboxylic acids is 1. The Bertz CT molecular complexity index is 735. The number of likely N-dealkylation sites (N-methyl/N-ethyl adjacent to an activating group) is 1. The maximum Gasteiger partial charge on any atom is 0.304 e. The Morgan fingerprint density at radius 3 is 2.42 bits per heavy atom. The predicted molar refractivity (Wildman–Crippen MR) is 103 cm³/mol. The summed E-state index contributed by atoms with van der Waals surface area (Å²) in [5.41, 5.74) is 1.71. The fourth-order valence-corrected chi connectivity index (χ4v) is 2.19. The number of para-hydroxylation sites is 2. The third kappa shape index (κ3) is 7.13. The first-order valence-corrected chi connectivity index (χ1v) is 7.98. The SMILES string of the molecule is Cc1ccc(Oc2ccccc2NC(=O)CN(C)CCC(=O)O)cc1.Cl. The molecular formula is C19H23ClN2O4. The Morgan fingerprint density at radius 1 is 1.12 bits per heavy atom. The highest BCUT2D eigenvalue weighted by atomic mass is 35.5. The first-order chi connectivity index (χ1) is 11.9. The predicted octanol–water partition coefficient (Wildman–Crippen LogP) is 3.55. The summed E-state index contributed by atoms with van der Waals surface area (Å²) < 4.78 is 5.84. The second kappa shape index (κ2) is 10.4. The molecule has 0 radical (unpaired) electrons. The summed E-state index contributed by atoms with van der Waals surface area (Å²) in [6.45, 7) is 2.41. The van der Waals surface area contributed by atoms with Crippen LogP contribution >= 0.6 is 12.4 Å². The number of carbonyl (C=O) groups excluding carboxylic acids is 1. The molecule has 140 valence electrons. The Kier molecular flexibility index (Phi) is 8.61. The van der Waals surface area contributed by atoms with Gasteiger partial charge in [0.2, 0.25) is 5.91 Å². The molecule has 0 aliphatic carbocycles. The first kappa shape index (κ1) is 21.5. The highest BCUT2D eigenvalue weighted by molar-refractivity contribution is 5.93. The minimum atomic E-state index is -0.885. The van der Waals surface area contributed by atoms with Crippen LogP contribution < -0.4 is 10.1 Å². The fourth-order valence-electron chi connectivity index (χ4n) is 2.19. The van der Waals surface area contributed by atoms with E-state index in [1.54, 1.807) is 24.1 Å². The molecule has 0 saturated heterocycles. The number of ether oxygens (including phenoxy) is 1. The zero-order chi connectivity index (χ0) is 18.2. The van der Waals surface area contributed by atoms with Gasteiger partial charge in [-0.15, -0.1) is 12.4 Å². The number of nitrogens with one attached hydrogen (secondary N) is 1. The smallest absolute Gasteiger partial charge is 0.304 e. The van der Waals surface area contributed by atoms with Gasteiger partial charge in [-0.3, -0.25) is 14.5 Å². The quantitative estimate of drug-likeness (QED) is 0.734. The maximum atomic E-state index is 12.2. The normalized spacial score (nSPS) is 10.1. The second-order valence-electron chi connectivity index (χ2n) is 5.84. The molecule has 2 aromatic rings. The van der Waals surface area contributed by atoms with Gasteiger partial charge in [0.25, 0.3) is 0 Å². The second-order valence-corrected chi connectivity index (χ2v) is 5.84. The molecule has 2 rings (SSSR count). The van der Waals surface area contributed by atoms with E-state index in [2.05, 4.69) is 5.32 Å². The van der Waals surface area contributed by atoms with Crippen LogP contribution in [0.3, 0.4) is 0 Å². The summed E-state index contributed by atoms with van der Waals surface area (Å²) in [5.74, 6) is 0.121. The Labute approximate surface area is 159 Å². The van der Waals surface area contributed by atoms with Gasteiger partial charge in [-0.2, -0.15) is 0 Å². The Hall–Kier alpha value is -2.57. The van der Waals surface area contributed by atoms with Crippen LogP contribution in [0.25, 0.3) is 0 Å². The van der Waals surface area contributed by atoms with E-state index in [9.17, 15) is 9.59 Å². The van der Waals surface area contributed by atoms with Gasteiger partial charge in [0, 0.05) is 6.54 Å². The van der Waals surface area contributed by atoms with E-state index in [0.29, 0.717) is 23.7 Å². The number of halogens is 1. The Balaban J connectivity index is 0.00000338. The van der Waals surface area contributed by atoms with Crippen molar-refractivity contribution in [3.8, 4) is 11.5 Å². The molecular weight excluding hydrogens is 356 g/mol. The summed E-state index contributed by atoms with van der Waals surface area (Å²) in [6, 6.07) is 14.8. The van der Waals surface area contributed by atoms with Gasteiger partial charge in [0.1, 0.15) is 5.75 Å². The molecule has 0 saturated carbocycles. The van der Waals surface area contributed by atoms with Crippen LogP contribution in [0.5, 0.6) is 11.5 Å². The van der Waals surface area contributed by atoms with Crippen LogP contribution in [0.2, 0.25) is 0 Å². The third-order valence-electron chi connectivity index (χ3n) is 3.53. The molecule has 0 fully saturated rings. The average Bonchev–Trinajstić information content (AvgIpc) is 2.57. The van der Waals surface area contributed by atoms with Crippen molar-refractivity contribution < 1.29 is 19.4 Å². The number of nitrogens with zero attached hydrogens (tertiary/aromatic N) is 1. The molecule has 0 atom stereocenters. The van der Waals surface area contributed by atoms with Crippen molar-refractivity contribution in [2.75, 3.05) is 25.5 Å². The van der Waals surface area contributed by atoms with Gasteiger partial charge >= 0.3 is 5.97 Å².